The first kappa shape index (κ1) is 22.1. The van der Waals surface area contributed by atoms with Gasteiger partial charge in [-0.05, 0) is 42.4 Å². The first-order valence-corrected chi connectivity index (χ1v) is 12.8. The predicted octanol–water partition coefficient (Wildman–Crippen LogP) is 5.00. The van der Waals surface area contributed by atoms with E-state index in [0.717, 1.165) is 46.9 Å². The minimum atomic E-state index is 0.231. The number of hydrogen-bond acceptors (Lipinski definition) is 10. The van der Waals surface area contributed by atoms with Crippen LogP contribution in [0.15, 0.2) is 47.0 Å². The molecule has 0 bridgehead atoms. The summed E-state index contributed by atoms with van der Waals surface area (Å²) in [6.45, 7) is 1.76. The van der Waals surface area contributed by atoms with Crippen molar-refractivity contribution < 1.29 is 28.1 Å². The van der Waals surface area contributed by atoms with Crippen molar-refractivity contribution in [2.75, 3.05) is 39.1 Å². The summed E-state index contributed by atoms with van der Waals surface area (Å²) in [7, 11) is 3.23. The molecule has 1 atom stereocenters. The van der Waals surface area contributed by atoms with Crippen molar-refractivity contribution in [2.24, 2.45) is 0 Å². The molecule has 2 aliphatic rings. The molecule has 0 amide bonds. The molecule has 0 unspecified atom stereocenters. The zero-order valence-corrected chi connectivity index (χ0v) is 21.1. The molecule has 11 heteroatoms. The second-order valence-electron chi connectivity index (χ2n) is 8.91. The highest BCUT2D eigenvalue weighted by atomic mass is 32.1. The Bertz CT molecular complexity index is 1580. The molecule has 1 fully saturated rings. The van der Waals surface area contributed by atoms with Gasteiger partial charge in [0.15, 0.2) is 17.3 Å². The van der Waals surface area contributed by atoms with Gasteiger partial charge in [-0.15, -0.1) is 5.10 Å². The van der Waals surface area contributed by atoms with Crippen LogP contribution in [-0.4, -0.2) is 54.8 Å². The summed E-state index contributed by atoms with van der Waals surface area (Å²) >= 11 is 1.37. The van der Waals surface area contributed by atoms with Crippen molar-refractivity contribution in [1.82, 2.24) is 14.6 Å². The first-order valence-electron chi connectivity index (χ1n) is 12.0. The van der Waals surface area contributed by atoms with Crippen LogP contribution < -0.4 is 28.6 Å². The van der Waals surface area contributed by atoms with Crippen LogP contribution in [0.4, 0.5) is 5.69 Å². The predicted molar refractivity (Wildman–Crippen MR) is 138 cm³/mol. The third-order valence-electron chi connectivity index (χ3n) is 6.76. The molecule has 2 aromatic carbocycles. The quantitative estimate of drug-likeness (QED) is 0.294. The van der Waals surface area contributed by atoms with Gasteiger partial charge in [-0.25, -0.2) is 9.50 Å². The molecule has 37 heavy (non-hydrogen) atoms. The highest BCUT2D eigenvalue weighted by Gasteiger charge is 2.28. The fourth-order valence-corrected chi connectivity index (χ4v) is 5.63. The first-order chi connectivity index (χ1) is 18.2. The number of aromatic nitrogens is 3. The summed E-state index contributed by atoms with van der Waals surface area (Å²) in [4.78, 5) is 7.75. The van der Waals surface area contributed by atoms with Gasteiger partial charge in [-0.2, -0.15) is 0 Å². The van der Waals surface area contributed by atoms with E-state index in [1.165, 1.54) is 11.3 Å². The molecule has 0 aliphatic carbocycles. The Morgan fingerprint density at radius 1 is 1.08 bits per heavy atom. The van der Waals surface area contributed by atoms with Gasteiger partial charge in [-0.1, -0.05) is 0 Å². The Balaban J connectivity index is 1.16. The number of ether oxygens (including phenoxy) is 5. The molecule has 5 aromatic rings. The van der Waals surface area contributed by atoms with Crippen molar-refractivity contribution in [2.45, 2.75) is 18.9 Å². The Kier molecular flexibility index (Phi) is 5.24. The molecule has 10 nitrogen and oxygen atoms in total. The van der Waals surface area contributed by atoms with E-state index >= 15 is 0 Å². The fourth-order valence-electron chi connectivity index (χ4n) is 4.93. The maximum atomic E-state index is 6.42. The monoisotopic (exact) mass is 520 g/mol. The van der Waals surface area contributed by atoms with Gasteiger partial charge in [0.25, 0.3) is 5.19 Å². The van der Waals surface area contributed by atoms with Crippen molar-refractivity contribution in [1.29, 1.82) is 0 Å². The molecule has 5 heterocycles. The van der Waals surface area contributed by atoms with Crippen LogP contribution in [0.1, 0.15) is 12.8 Å². The van der Waals surface area contributed by atoms with E-state index < -0.39 is 0 Å². The normalized spacial score (nSPS) is 16.7. The van der Waals surface area contributed by atoms with Crippen molar-refractivity contribution in [3.8, 4) is 39.6 Å². The third kappa shape index (κ3) is 3.86. The number of imidazole rings is 1. The molecule has 0 saturated carbocycles. The van der Waals surface area contributed by atoms with Crippen LogP contribution in [0.2, 0.25) is 0 Å². The van der Waals surface area contributed by atoms with Crippen LogP contribution in [0.3, 0.4) is 0 Å². The maximum Gasteiger partial charge on any atom is 0.294 e. The summed E-state index contributed by atoms with van der Waals surface area (Å²) in [6.07, 6.45) is 3.97. The number of nitrogens with zero attached hydrogens (tertiary/aromatic N) is 4. The van der Waals surface area contributed by atoms with Crippen LogP contribution in [0.25, 0.3) is 27.4 Å². The molecule has 0 N–H and O–H groups in total. The Morgan fingerprint density at radius 3 is 2.86 bits per heavy atom. The van der Waals surface area contributed by atoms with Crippen molar-refractivity contribution >= 4 is 33.0 Å². The van der Waals surface area contributed by atoms with Crippen molar-refractivity contribution in [3.63, 3.8) is 0 Å². The van der Waals surface area contributed by atoms with E-state index in [-0.39, 0.29) is 12.8 Å². The molecule has 0 radical (unpaired) electrons. The van der Waals surface area contributed by atoms with Crippen LogP contribution >= 0.6 is 11.3 Å². The van der Waals surface area contributed by atoms with Crippen molar-refractivity contribution in [3.05, 3.63) is 42.6 Å². The van der Waals surface area contributed by atoms with Crippen LogP contribution in [-0.2, 0) is 0 Å². The fraction of sp³-hybridized carbons (Fsp3) is 0.308. The number of hydrogen-bond donors (Lipinski definition) is 0. The minimum Gasteiger partial charge on any atom is -0.496 e. The Labute approximate surface area is 215 Å². The van der Waals surface area contributed by atoms with Crippen LogP contribution in [0, 0.1) is 0 Å². The lowest BCUT2D eigenvalue weighted by atomic mass is 10.2. The smallest absolute Gasteiger partial charge is 0.294 e. The van der Waals surface area contributed by atoms with E-state index in [9.17, 15) is 0 Å². The number of anilines is 1. The standard InChI is InChI=1S/C26H24N4O6S/c1-31-17-9-21(33-13-16-4-3-7-29(16)15-5-6-20-24(8-15)35-14-34-20)18-11-23(36-22(18)10-17)19-12-30-25(27-19)37-26(28-30)32-2/h5-6,8-12,16H,3-4,7,13-14H2,1-2H3/t16-/m0/s1. The molecule has 3 aromatic heterocycles. The minimum absolute atomic E-state index is 0.231. The summed E-state index contributed by atoms with van der Waals surface area (Å²) in [5.41, 5.74) is 2.47. The number of fused-ring (bicyclic) bond motifs is 3. The van der Waals surface area contributed by atoms with Gasteiger partial charge < -0.3 is 33.0 Å². The average Bonchev–Trinajstić information content (AvgIpc) is 3.73. The van der Waals surface area contributed by atoms with E-state index in [1.54, 1.807) is 18.7 Å². The maximum absolute atomic E-state index is 6.42. The van der Waals surface area contributed by atoms with Gasteiger partial charge >= 0.3 is 0 Å². The van der Waals surface area contributed by atoms with Gasteiger partial charge in [-0.3, -0.25) is 0 Å². The van der Waals surface area contributed by atoms with E-state index in [0.29, 0.717) is 40.3 Å². The Hall–Kier alpha value is -4.12. The second kappa shape index (κ2) is 8.77. The van der Waals surface area contributed by atoms with E-state index in [1.807, 2.05) is 36.5 Å². The molecule has 0 spiro atoms. The third-order valence-corrected chi connectivity index (χ3v) is 7.64. The summed E-state index contributed by atoms with van der Waals surface area (Å²) in [6, 6.07) is 12.1. The lowest BCUT2D eigenvalue weighted by Crippen LogP contribution is -2.34. The SMILES string of the molecule is COc1cc(OC[C@@H]2CCCN2c2ccc3c(c2)OCO3)c2cc(-c3cn4nc(OC)sc4n3)oc2c1. The molecule has 1 saturated heterocycles. The Morgan fingerprint density at radius 2 is 2.00 bits per heavy atom. The largest absolute Gasteiger partial charge is 0.496 e. The van der Waals surface area contributed by atoms with E-state index in [2.05, 4.69) is 21.0 Å². The van der Waals surface area contributed by atoms with Gasteiger partial charge in [0.05, 0.1) is 31.8 Å². The summed E-state index contributed by atoms with van der Waals surface area (Å²) < 4.78 is 36.1. The molecular formula is C26H24N4O6S. The van der Waals surface area contributed by atoms with Gasteiger partial charge in [0.1, 0.15) is 29.4 Å². The summed E-state index contributed by atoms with van der Waals surface area (Å²) in [5, 5.41) is 5.77. The summed E-state index contributed by atoms with van der Waals surface area (Å²) in [5.74, 6) is 3.59. The number of benzene rings is 2. The molecule has 7 rings (SSSR count). The molecule has 190 valence electrons. The number of rotatable bonds is 7. The number of methoxy groups -OCH3 is 2. The van der Waals surface area contributed by atoms with Gasteiger partial charge in [0.2, 0.25) is 11.8 Å². The zero-order valence-electron chi connectivity index (χ0n) is 20.3. The second-order valence-corrected chi connectivity index (χ2v) is 9.83. The molecule has 2 aliphatic heterocycles. The highest BCUT2D eigenvalue weighted by molar-refractivity contribution is 7.18. The topological polar surface area (TPSA) is 92.7 Å². The van der Waals surface area contributed by atoms with E-state index in [4.69, 9.17) is 28.1 Å². The number of furan rings is 1. The van der Waals surface area contributed by atoms with Gasteiger partial charge in [0, 0.05) is 30.4 Å². The lowest BCUT2D eigenvalue weighted by Gasteiger charge is -2.27. The average molecular weight is 521 g/mol. The lowest BCUT2D eigenvalue weighted by molar-refractivity contribution is 0.174. The molecular weight excluding hydrogens is 496 g/mol. The highest BCUT2D eigenvalue weighted by Crippen LogP contribution is 2.39. The van der Waals surface area contributed by atoms with Crippen LogP contribution in [0.5, 0.6) is 28.2 Å². The zero-order chi connectivity index (χ0) is 24.9.